The van der Waals surface area contributed by atoms with Gasteiger partial charge in [-0.1, -0.05) is 36.2 Å². The van der Waals surface area contributed by atoms with Crippen LogP contribution >= 0.6 is 23.2 Å². The first-order valence-corrected chi connectivity index (χ1v) is 16.7. The lowest BCUT2D eigenvalue weighted by molar-refractivity contribution is -0.182. The number of halogens is 5. The number of carbonyl (C=O) groups excluding carboxylic acids is 2. The van der Waals surface area contributed by atoms with Crippen LogP contribution in [0.5, 0.6) is 0 Å². The summed E-state index contributed by atoms with van der Waals surface area (Å²) in [7, 11) is 1.87. The van der Waals surface area contributed by atoms with Crippen molar-refractivity contribution in [1.82, 2.24) is 20.2 Å². The molecule has 7 rings (SSSR count). The lowest BCUT2D eigenvalue weighted by atomic mass is 9.85. The van der Waals surface area contributed by atoms with Crippen LogP contribution in [-0.4, -0.2) is 46.7 Å². The summed E-state index contributed by atoms with van der Waals surface area (Å²) in [6, 6.07) is 6.94. The number of rotatable bonds is 8. The average molecular weight is 678 g/mol. The molecular formula is C33H37Cl2F3N6O2. The number of benzene rings is 2. The first-order valence-electron chi connectivity index (χ1n) is 16.0. The molecule has 2 heterocycles. The van der Waals surface area contributed by atoms with Gasteiger partial charge in [-0.25, -0.2) is 4.98 Å². The molecule has 2 amide bonds. The van der Waals surface area contributed by atoms with E-state index in [0.717, 1.165) is 37.1 Å². The third-order valence-electron chi connectivity index (χ3n) is 10.5. The van der Waals surface area contributed by atoms with Gasteiger partial charge in [-0.15, -0.1) is 0 Å². The zero-order valence-electron chi connectivity index (χ0n) is 25.7. The second-order valence-corrected chi connectivity index (χ2v) is 14.6. The number of anilines is 3. The van der Waals surface area contributed by atoms with Gasteiger partial charge in [0.05, 0.1) is 43.9 Å². The van der Waals surface area contributed by atoms with Crippen LogP contribution in [0.3, 0.4) is 0 Å². The highest BCUT2D eigenvalue weighted by atomic mass is 35.5. The van der Waals surface area contributed by atoms with Crippen LogP contribution in [-0.2, 0) is 18.4 Å². The fourth-order valence-electron chi connectivity index (χ4n) is 6.97. The van der Waals surface area contributed by atoms with Crippen LogP contribution in [0.1, 0.15) is 67.8 Å². The van der Waals surface area contributed by atoms with Crippen LogP contribution in [0.2, 0.25) is 10.0 Å². The van der Waals surface area contributed by atoms with Crippen molar-refractivity contribution in [2.45, 2.75) is 70.6 Å². The van der Waals surface area contributed by atoms with E-state index in [2.05, 4.69) is 20.9 Å². The molecule has 1 saturated heterocycles. The highest BCUT2D eigenvalue weighted by molar-refractivity contribution is 6.39. The molecule has 0 bridgehead atoms. The van der Waals surface area contributed by atoms with E-state index < -0.39 is 12.1 Å². The average Bonchev–Trinajstić information content (AvgIpc) is 3.89. The third-order valence-corrected chi connectivity index (χ3v) is 11.2. The van der Waals surface area contributed by atoms with Crippen molar-refractivity contribution < 1.29 is 22.8 Å². The molecule has 2 atom stereocenters. The molecule has 3 aliphatic carbocycles. The number of amides is 2. The summed E-state index contributed by atoms with van der Waals surface area (Å²) < 4.78 is 41.5. The van der Waals surface area contributed by atoms with Crippen molar-refractivity contribution in [2.75, 3.05) is 23.3 Å². The number of hydrogen-bond acceptors (Lipinski definition) is 5. The van der Waals surface area contributed by atoms with Gasteiger partial charge in [0, 0.05) is 38.1 Å². The Labute approximate surface area is 275 Å². The van der Waals surface area contributed by atoms with Crippen LogP contribution < -0.4 is 20.9 Å². The van der Waals surface area contributed by atoms with Gasteiger partial charge in [-0.05, 0) is 80.5 Å². The summed E-state index contributed by atoms with van der Waals surface area (Å²) in [6.45, 7) is 3.94. The fraction of sp³-hybridized carbons (Fsp3) is 0.545. The number of imidazole rings is 1. The number of aromatic nitrogens is 2. The van der Waals surface area contributed by atoms with Gasteiger partial charge in [0.25, 0.3) is 5.91 Å². The topological polar surface area (TPSA) is 91.3 Å². The SMILES string of the molecule is Cn1c(Nc2c(Cl)ccc(CNC(=O)C3(C)CC3)c2Cl)nc2cc(C(=O)NC3CCC(C(F)(F)F)CC3)c(N3CC4CC4C3)cc21. The van der Waals surface area contributed by atoms with E-state index in [1.807, 2.05) is 24.6 Å². The Morgan fingerprint density at radius 1 is 1.07 bits per heavy atom. The summed E-state index contributed by atoms with van der Waals surface area (Å²) in [5.41, 5.74) is 3.51. The maximum atomic E-state index is 13.7. The van der Waals surface area contributed by atoms with E-state index in [1.165, 1.54) is 6.42 Å². The zero-order valence-corrected chi connectivity index (χ0v) is 27.2. The summed E-state index contributed by atoms with van der Waals surface area (Å²) in [5.74, 6) is 0.111. The number of piperidine rings is 1. The molecule has 0 radical (unpaired) electrons. The monoisotopic (exact) mass is 676 g/mol. The minimum absolute atomic E-state index is 0.00307. The van der Waals surface area contributed by atoms with E-state index in [4.69, 9.17) is 28.2 Å². The second kappa shape index (κ2) is 11.5. The molecule has 46 heavy (non-hydrogen) atoms. The number of alkyl halides is 3. The van der Waals surface area contributed by atoms with E-state index in [1.54, 1.807) is 18.2 Å². The van der Waals surface area contributed by atoms with Gasteiger partial charge in [-0.2, -0.15) is 13.2 Å². The fourth-order valence-corrected chi connectivity index (χ4v) is 7.50. The van der Waals surface area contributed by atoms with E-state index in [9.17, 15) is 22.8 Å². The largest absolute Gasteiger partial charge is 0.391 e. The van der Waals surface area contributed by atoms with Crippen molar-refractivity contribution in [3.8, 4) is 0 Å². The van der Waals surface area contributed by atoms with Gasteiger partial charge in [0.1, 0.15) is 0 Å². The van der Waals surface area contributed by atoms with Crippen LogP contribution in [0.4, 0.5) is 30.5 Å². The maximum Gasteiger partial charge on any atom is 0.391 e. The molecule has 4 aliphatic rings. The Kier molecular flexibility index (Phi) is 7.86. The summed E-state index contributed by atoms with van der Waals surface area (Å²) in [5, 5.41) is 10.0. The number of nitrogens with one attached hydrogen (secondary N) is 3. The van der Waals surface area contributed by atoms with Crippen molar-refractivity contribution in [3.63, 3.8) is 0 Å². The predicted molar refractivity (Wildman–Crippen MR) is 173 cm³/mol. The highest BCUT2D eigenvalue weighted by Crippen LogP contribution is 2.48. The number of fused-ring (bicyclic) bond motifs is 2. The lowest BCUT2D eigenvalue weighted by Gasteiger charge is -2.31. The van der Waals surface area contributed by atoms with E-state index >= 15 is 0 Å². The maximum absolute atomic E-state index is 13.7. The Morgan fingerprint density at radius 3 is 2.41 bits per heavy atom. The lowest BCUT2D eigenvalue weighted by Crippen LogP contribution is -2.40. The molecule has 8 nitrogen and oxygen atoms in total. The van der Waals surface area contributed by atoms with Crippen LogP contribution in [0.15, 0.2) is 24.3 Å². The zero-order chi connectivity index (χ0) is 32.5. The minimum atomic E-state index is -4.20. The Balaban J connectivity index is 1.15. The van der Waals surface area contributed by atoms with Crippen LogP contribution in [0.25, 0.3) is 11.0 Å². The van der Waals surface area contributed by atoms with Crippen molar-refractivity contribution in [3.05, 3.63) is 45.4 Å². The summed E-state index contributed by atoms with van der Waals surface area (Å²) in [6.07, 6.45) is -0.627. The second-order valence-electron chi connectivity index (χ2n) is 13.8. The Bertz CT molecular complexity index is 1700. The number of carbonyl (C=O) groups is 2. The Hall–Kier alpha value is -3.18. The normalized spacial score (nSPS) is 24.9. The molecule has 1 aromatic heterocycles. The molecule has 1 aliphatic heterocycles. The molecule has 3 aromatic rings. The van der Waals surface area contributed by atoms with Gasteiger partial charge in [0.2, 0.25) is 11.9 Å². The van der Waals surface area contributed by atoms with Gasteiger partial charge in [0.15, 0.2) is 0 Å². The van der Waals surface area contributed by atoms with Gasteiger partial charge in [-0.3, -0.25) is 9.59 Å². The standard InChI is InChI=1S/C33H37Cl2F3N6O2/c1-32(9-10-32)30(46)39-14-17-3-8-23(34)28(27(17)35)42-31-41-24-12-22(29(45)40-21-6-4-20(5-7-21)33(36,37)38)25(13-26(24)43(31)2)44-15-18-11-19(18)16-44/h3,8,12-13,18-21H,4-7,9-11,14-16H2,1-2H3,(H,39,46)(H,40,45)(H,41,42). The molecule has 2 aromatic carbocycles. The van der Waals surface area contributed by atoms with Crippen molar-refractivity contribution in [2.24, 2.45) is 30.2 Å². The first kappa shape index (κ1) is 31.4. The Morgan fingerprint density at radius 2 is 1.76 bits per heavy atom. The molecule has 4 fully saturated rings. The molecular weight excluding hydrogens is 640 g/mol. The number of nitrogens with zero attached hydrogens (tertiary/aromatic N) is 3. The predicted octanol–water partition coefficient (Wildman–Crippen LogP) is 7.35. The smallest absolute Gasteiger partial charge is 0.370 e. The number of aryl methyl sites for hydroxylation is 1. The summed E-state index contributed by atoms with van der Waals surface area (Å²) in [4.78, 5) is 33.2. The quantitative estimate of drug-likeness (QED) is 0.232. The third kappa shape index (κ3) is 6.01. The van der Waals surface area contributed by atoms with Gasteiger partial charge < -0.3 is 25.4 Å². The van der Waals surface area contributed by atoms with Crippen molar-refractivity contribution in [1.29, 1.82) is 0 Å². The van der Waals surface area contributed by atoms with E-state index in [0.29, 0.717) is 63.0 Å². The number of hydrogen-bond donors (Lipinski definition) is 3. The van der Waals surface area contributed by atoms with Crippen LogP contribution in [0, 0.1) is 23.2 Å². The molecule has 0 spiro atoms. The molecule has 3 saturated carbocycles. The molecule has 2 unspecified atom stereocenters. The van der Waals surface area contributed by atoms with Crippen molar-refractivity contribution >= 4 is 63.4 Å². The highest BCUT2D eigenvalue weighted by Gasteiger charge is 2.46. The molecule has 246 valence electrons. The minimum Gasteiger partial charge on any atom is -0.370 e. The molecule has 3 N–H and O–H groups in total. The summed E-state index contributed by atoms with van der Waals surface area (Å²) >= 11 is 13.4. The molecule has 13 heteroatoms. The van der Waals surface area contributed by atoms with Gasteiger partial charge >= 0.3 is 6.18 Å². The first-order chi connectivity index (χ1) is 21.8. The van der Waals surface area contributed by atoms with E-state index in [-0.39, 0.29) is 42.7 Å².